The maximum Gasteiger partial charge on any atom is 0.135 e. The fraction of sp³-hybridized carbons (Fsp3) is 0.714. The number of hydrogen-bond donors (Lipinski definition) is 3. The third kappa shape index (κ3) is 5.42. The standard InChI is InChI=1S/C14H26N4O/c1-9(2)7-14(5,19)8-16-12-6-11(15)17-13(18-12)10(3)4/h6,9-10,19H,7-8H2,1-5H3,(H3,15,16,17,18). The van der Waals surface area contributed by atoms with E-state index < -0.39 is 5.60 Å². The maximum absolute atomic E-state index is 10.3. The second-order valence-corrected chi connectivity index (χ2v) is 6.14. The van der Waals surface area contributed by atoms with E-state index in [1.165, 1.54) is 0 Å². The molecule has 0 bridgehead atoms. The zero-order valence-corrected chi connectivity index (χ0v) is 12.6. The molecule has 1 aromatic rings. The van der Waals surface area contributed by atoms with Crippen LogP contribution in [0.3, 0.4) is 0 Å². The first kappa shape index (κ1) is 15.7. The number of aliphatic hydroxyl groups is 1. The van der Waals surface area contributed by atoms with Crippen molar-refractivity contribution in [3.63, 3.8) is 0 Å². The quantitative estimate of drug-likeness (QED) is 0.736. The predicted molar refractivity (Wildman–Crippen MR) is 79.1 cm³/mol. The summed E-state index contributed by atoms with van der Waals surface area (Å²) < 4.78 is 0. The van der Waals surface area contributed by atoms with Gasteiger partial charge in [0.15, 0.2) is 0 Å². The Bertz CT molecular complexity index is 416. The SMILES string of the molecule is CC(C)CC(C)(O)CNc1cc(N)nc(C(C)C)n1. The Morgan fingerprint density at radius 2 is 1.95 bits per heavy atom. The van der Waals surface area contributed by atoms with E-state index in [1.807, 2.05) is 20.8 Å². The van der Waals surface area contributed by atoms with Gasteiger partial charge in [-0.3, -0.25) is 0 Å². The highest BCUT2D eigenvalue weighted by Gasteiger charge is 2.21. The first-order valence-electron chi connectivity index (χ1n) is 6.80. The summed E-state index contributed by atoms with van der Waals surface area (Å²) >= 11 is 0. The minimum absolute atomic E-state index is 0.222. The largest absolute Gasteiger partial charge is 0.388 e. The summed E-state index contributed by atoms with van der Waals surface area (Å²) in [7, 11) is 0. The Morgan fingerprint density at radius 3 is 2.47 bits per heavy atom. The molecule has 1 unspecified atom stereocenters. The highest BCUT2D eigenvalue weighted by molar-refractivity contribution is 5.45. The van der Waals surface area contributed by atoms with Gasteiger partial charge in [-0.05, 0) is 19.3 Å². The molecule has 4 N–H and O–H groups in total. The monoisotopic (exact) mass is 266 g/mol. The summed E-state index contributed by atoms with van der Waals surface area (Å²) in [5, 5.41) is 13.4. The molecule has 0 aliphatic heterocycles. The summed E-state index contributed by atoms with van der Waals surface area (Å²) in [6.45, 7) is 10.5. The third-order valence-corrected chi connectivity index (χ3v) is 2.78. The number of anilines is 2. The molecular weight excluding hydrogens is 240 g/mol. The van der Waals surface area contributed by atoms with Gasteiger partial charge in [0.05, 0.1) is 5.60 Å². The van der Waals surface area contributed by atoms with Gasteiger partial charge >= 0.3 is 0 Å². The first-order valence-corrected chi connectivity index (χ1v) is 6.80. The minimum atomic E-state index is -0.758. The molecule has 5 nitrogen and oxygen atoms in total. The summed E-state index contributed by atoms with van der Waals surface area (Å²) in [5.74, 6) is 2.50. The molecule has 1 heterocycles. The molecule has 0 spiro atoms. The van der Waals surface area contributed by atoms with Crippen LogP contribution >= 0.6 is 0 Å². The molecule has 1 aromatic heterocycles. The van der Waals surface area contributed by atoms with E-state index in [-0.39, 0.29) is 5.92 Å². The van der Waals surface area contributed by atoms with Crippen LogP contribution in [0, 0.1) is 5.92 Å². The molecule has 1 atom stereocenters. The van der Waals surface area contributed by atoms with Crippen LogP contribution in [-0.2, 0) is 0 Å². The number of rotatable bonds is 6. The van der Waals surface area contributed by atoms with E-state index in [0.717, 1.165) is 6.42 Å². The van der Waals surface area contributed by atoms with E-state index in [4.69, 9.17) is 5.73 Å². The normalized spacial score (nSPS) is 14.7. The molecule has 108 valence electrons. The second-order valence-electron chi connectivity index (χ2n) is 6.14. The lowest BCUT2D eigenvalue weighted by atomic mass is 9.94. The van der Waals surface area contributed by atoms with Crippen molar-refractivity contribution in [3.8, 4) is 0 Å². The molecule has 19 heavy (non-hydrogen) atoms. The molecule has 0 radical (unpaired) electrons. The molecular formula is C14H26N4O. The zero-order valence-electron chi connectivity index (χ0n) is 12.6. The Balaban J connectivity index is 2.72. The van der Waals surface area contributed by atoms with Crippen molar-refractivity contribution >= 4 is 11.6 Å². The van der Waals surface area contributed by atoms with Gasteiger partial charge in [-0.15, -0.1) is 0 Å². The van der Waals surface area contributed by atoms with E-state index in [9.17, 15) is 5.11 Å². The summed E-state index contributed by atoms with van der Waals surface area (Å²) in [4.78, 5) is 8.59. The molecule has 0 saturated heterocycles. The molecule has 0 aliphatic rings. The summed E-state index contributed by atoms with van der Waals surface area (Å²) in [6, 6.07) is 1.69. The smallest absolute Gasteiger partial charge is 0.135 e. The molecule has 0 aliphatic carbocycles. The summed E-state index contributed by atoms with van der Waals surface area (Å²) in [6.07, 6.45) is 0.734. The lowest BCUT2D eigenvalue weighted by molar-refractivity contribution is 0.0514. The number of nitrogens with two attached hydrogens (primary N) is 1. The molecule has 0 fully saturated rings. The van der Waals surface area contributed by atoms with Crippen LogP contribution in [0.1, 0.15) is 52.8 Å². The predicted octanol–water partition coefficient (Wildman–Crippen LogP) is 2.39. The molecule has 5 heteroatoms. The second kappa shape index (κ2) is 6.19. The minimum Gasteiger partial charge on any atom is -0.388 e. The average Bonchev–Trinajstić information content (AvgIpc) is 2.24. The van der Waals surface area contributed by atoms with Gasteiger partial charge in [0.25, 0.3) is 0 Å². The van der Waals surface area contributed by atoms with Crippen LogP contribution < -0.4 is 11.1 Å². The van der Waals surface area contributed by atoms with Gasteiger partial charge in [0.2, 0.25) is 0 Å². The van der Waals surface area contributed by atoms with Crippen molar-refractivity contribution in [3.05, 3.63) is 11.9 Å². The number of nitrogens with zero attached hydrogens (tertiary/aromatic N) is 2. The van der Waals surface area contributed by atoms with Crippen molar-refractivity contribution in [2.75, 3.05) is 17.6 Å². The van der Waals surface area contributed by atoms with Crippen molar-refractivity contribution in [1.29, 1.82) is 0 Å². The number of nitrogens with one attached hydrogen (secondary N) is 1. The van der Waals surface area contributed by atoms with E-state index in [0.29, 0.717) is 29.9 Å². The fourth-order valence-corrected chi connectivity index (χ4v) is 2.07. The Hall–Kier alpha value is -1.36. The summed E-state index contributed by atoms with van der Waals surface area (Å²) in [5.41, 5.74) is 5.01. The van der Waals surface area contributed by atoms with Crippen LogP contribution in [-0.4, -0.2) is 27.2 Å². The highest BCUT2D eigenvalue weighted by Crippen LogP contribution is 2.19. The van der Waals surface area contributed by atoms with Gasteiger partial charge in [-0.1, -0.05) is 27.7 Å². The van der Waals surface area contributed by atoms with Gasteiger partial charge < -0.3 is 16.2 Å². The number of hydrogen-bond acceptors (Lipinski definition) is 5. The Kier molecular flexibility index (Phi) is 5.11. The molecule has 1 rings (SSSR count). The van der Waals surface area contributed by atoms with Crippen molar-refractivity contribution < 1.29 is 5.11 Å². The highest BCUT2D eigenvalue weighted by atomic mass is 16.3. The van der Waals surface area contributed by atoms with Gasteiger partial charge in [-0.25, -0.2) is 9.97 Å². The van der Waals surface area contributed by atoms with Crippen LogP contribution in [0.15, 0.2) is 6.07 Å². The fourth-order valence-electron chi connectivity index (χ4n) is 2.07. The molecule has 0 amide bonds. The van der Waals surface area contributed by atoms with Crippen LogP contribution in [0.2, 0.25) is 0 Å². The molecule has 0 aromatic carbocycles. The maximum atomic E-state index is 10.3. The first-order chi connectivity index (χ1) is 8.69. The van der Waals surface area contributed by atoms with E-state index in [1.54, 1.807) is 6.07 Å². The Labute approximate surface area is 115 Å². The molecule has 0 saturated carbocycles. The van der Waals surface area contributed by atoms with Gasteiger partial charge in [0, 0.05) is 18.5 Å². The van der Waals surface area contributed by atoms with Gasteiger partial charge in [-0.2, -0.15) is 0 Å². The van der Waals surface area contributed by atoms with Crippen LogP contribution in [0.4, 0.5) is 11.6 Å². The Morgan fingerprint density at radius 1 is 1.32 bits per heavy atom. The van der Waals surface area contributed by atoms with E-state index in [2.05, 4.69) is 29.1 Å². The van der Waals surface area contributed by atoms with Crippen molar-refractivity contribution in [2.45, 2.75) is 52.6 Å². The van der Waals surface area contributed by atoms with Crippen LogP contribution in [0.5, 0.6) is 0 Å². The average molecular weight is 266 g/mol. The van der Waals surface area contributed by atoms with Crippen LogP contribution in [0.25, 0.3) is 0 Å². The lowest BCUT2D eigenvalue weighted by Crippen LogP contribution is -2.35. The zero-order chi connectivity index (χ0) is 14.6. The lowest BCUT2D eigenvalue weighted by Gasteiger charge is -2.26. The van der Waals surface area contributed by atoms with E-state index >= 15 is 0 Å². The topological polar surface area (TPSA) is 84.1 Å². The van der Waals surface area contributed by atoms with Crippen molar-refractivity contribution in [1.82, 2.24) is 9.97 Å². The van der Waals surface area contributed by atoms with Crippen molar-refractivity contribution in [2.24, 2.45) is 5.92 Å². The number of nitrogen functional groups attached to an aromatic ring is 1. The number of aromatic nitrogens is 2. The third-order valence-electron chi connectivity index (χ3n) is 2.78. The van der Waals surface area contributed by atoms with Gasteiger partial charge in [0.1, 0.15) is 17.5 Å².